The molecule has 0 aromatic carbocycles. The second kappa shape index (κ2) is 5.77. The molecule has 0 atom stereocenters. The lowest BCUT2D eigenvalue weighted by Crippen LogP contribution is -2.13. The summed E-state index contributed by atoms with van der Waals surface area (Å²) >= 11 is 11.2. The van der Waals surface area contributed by atoms with Crippen LogP contribution in [0.4, 0.5) is 5.82 Å². The molecule has 0 aliphatic carbocycles. The Balaban J connectivity index is 2.59. The Morgan fingerprint density at radius 1 is 1.31 bits per heavy atom. The van der Waals surface area contributed by atoms with Crippen LogP contribution < -0.4 is 5.32 Å². The predicted molar refractivity (Wildman–Crippen MR) is 60.6 cm³/mol. The molecule has 0 fully saturated rings. The maximum Gasteiger partial charge on any atom is 0.225 e. The summed E-state index contributed by atoms with van der Waals surface area (Å²) in [6.07, 6.45) is 0.299. The molecular weight excluding hydrogens is 253 g/mol. The molecule has 1 aromatic heterocycles. The third-order valence-corrected chi connectivity index (χ3v) is 2.00. The fraction of sp³-hybridized carbons (Fsp3) is 0.333. The van der Waals surface area contributed by atoms with Gasteiger partial charge in [0.1, 0.15) is 16.8 Å². The topological polar surface area (TPSA) is 72.0 Å². The van der Waals surface area contributed by atoms with Gasteiger partial charge in [-0.05, 0) is 18.5 Å². The molecule has 7 heteroatoms. The van der Waals surface area contributed by atoms with Crippen LogP contribution in [0.15, 0.2) is 6.07 Å². The van der Waals surface area contributed by atoms with E-state index < -0.39 is 0 Å². The van der Waals surface area contributed by atoms with E-state index in [-0.39, 0.29) is 40.8 Å². The van der Waals surface area contributed by atoms with Crippen molar-refractivity contribution in [3.63, 3.8) is 0 Å². The van der Waals surface area contributed by atoms with E-state index in [1.165, 1.54) is 13.0 Å². The molecule has 0 saturated heterocycles. The summed E-state index contributed by atoms with van der Waals surface area (Å²) in [6.45, 7) is 1.42. The fourth-order valence-electron chi connectivity index (χ4n) is 0.949. The molecule has 1 heterocycles. The quantitative estimate of drug-likeness (QED) is 0.666. The van der Waals surface area contributed by atoms with E-state index in [1.54, 1.807) is 0 Å². The second-order valence-electron chi connectivity index (χ2n) is 3.10. The van der Waals surface area contributed by atoms with Crippen molar-refractivity contribution in [2.45, 2.75) is 19.8 Å². The summed E-state index contributed by atoms with van der Waals surface area (Å²) < 4.78 is 0. The van der Waals surface area contributed by atoms with Gasteiger partial charge in [0, 0.05) is 18.9 Å². The highest BCUT2D eigenvalue weighted by molar-refractivity contribution is 6.32. The number of Topliss-reactive ketones (excluding diaryl/α,β-unsaturated/α-hetero) is 1. The molecule has 0 radical (unpaired) electrons. The molecule has 0 spiro atoms. The van der Waals surface area contributed by atoms with E-state index in [1.807, 2.05) is 0 Å². The van der Waals surface area contributed by atoms with Crippen molar-refractivity contribution < 1.29 is 9.59 Å². The molecule has 16 heavy (non-hydrogen) atoms. The molecule has 1 amide bonds. The number of amides is 1. The number of hydrogen-bond donors (Lipinski definition) is 1. The van der Waals surface area contributed by atoms with Gasteiger partial charge in [-0.25, -0.2) is 9.97 Å². The third kappa shape index (κ3) is 4.55. The molecule has 0 unspecified atom stereocenters. The summed E-state index contributed by atoms with van der Waals surface area (Å²) in [7, 11) is 0. The summed E-state index contributed by atoms with van der Waals surface area (Å²) in [4.78, 5) is 29.4. The summed E-state index contributed by atoms with van der Waals surface area (Å²) in [5.41, 5.74) is 0. The van der Waals surface area contributed by atoms with E-state index in [2.05, 4.69) is 15.3 Å². The van der Waals surface area contributed by atoms with Gasteiger partial charge in [-0.15, -0.1) is 0 Å². The molecule has 0 bridgehead atoms. The van der Waals surface area contributed by atoms with E-state index in [0.29, 0.717) is 0 Å². The first kappa shape index (κ1) is 12.9. The van der Waals surface area contributed by atoms with Gasteiger partial charge in [-0.3, -0.25) is 4.79 Å². The van der Waals surface area contributed by atoms with Gasteiger partial charge in [0.2, 0.25) is 11.2 Å². The van der Waals surface area contributed by atoms with E-state index in [4.69, 9.17) is 23.2 Å². The number of halogens is 2. The van der Waals surface area contributed by atoms with Crippen LogP contribution in [0.1, 0.15) is 19.8 Å². The second-order valence-corrected chi connectivity index (χ2v) is 3.82. The smallest absolute Gasteiger partial charge is 0.225 e. The molecule has 1 N–H and O–H groups in total. The Morgan fingerprint density at radius 2 is 2.00 bits per heavy atom. The average Bonchev–Trinajstić information content (AvgIpc) is 2.12. The predicted octanol–water partition coefficient (Wildman–Crippen LogP) is 2.09. The Kier molecular flexibility index (Phi) is 4.64. The van der Waals surface area contributed by atoms with E-state index in [0.717, 1.165) is 0 Å². The first-order valence-corrected chi connectivity index (χ1v) is 5.22. The Hall–Kier alpha value is -1.20. The van der Waals surface area contributed by atoms with Gasteiger partial charge in [-0.2, -0.15) is 0 Å². The molecule has 0 aliphatic rings. The van der Waals surface area contributed by atoms with E-state index in [9.17, 15) is 9.59 Å². The minimum atomic E-state index is -0.318. The first-order valence-electron chi connectivity index (χ1n) is 4.47. The number of carbonyl (C=O) groups is 2. The Labute approximate surface area is 102 Å². The standard InChI is InChI=1S/C9H9Cl2N3O2/c1-5(15)2-3-8(16)13-7-4-6(10)12-9(11)14-7/h4H,2-3H2,1H3,(H,12,13,14,16). The van der Waals surface area contributed by atoms with Gasteiger partial charge in [-0.1, -0.05) is 11.6 Å². The average molecular weight is 262 g/mol. The minimum absolute atomic E-state index is 0.0469. The highest BCUT2D eigenvalue weighted by Crippen LogP contribution is 2.14. The lowest BCUT2D eigenvalue weighted by molar-refractivity contribution is -0.121. The number of nitrogens with zero attached hydrogens (tertiary/aromatic N) is 2. The van der Waals surface area contributed by atoms with Crippen LogP contribution in [0.25, 0.3) is 0 Å². The highest BCUT2D eigenvalue weighted by atomic mass is 35.5. The van der Waals surface area contributed by atoms with Gasteiger partial charge in [0.25, 0.3) is 0 Å². The van der Waals surface area contributed by atoms with Crippen molar-refractivity contribution in [2.24, 2.45) is 0 Å². The maximum absolute atomic E-state index is 11.3. The summed E-state index contributed by atoms with van der Waals surface area (Å²) in [5, 5.41) is 2.56. The van der Waals surface area contributed by atoms with Crippen LogP contribution in [0.3, 0.4) is 0 Å². The van der Waals surface area contributed by atoms with Crippen molar-refractivity contribution in [1.82, 2.24) is 9.97 Å². The van der Waals surface area contributed by atoms with Gasteiger partial charge >= 0.3 is 0 Å². The zero-order valence-corrected chi connectivity index (χ0v) is 9.97. The number of rotatable bonds is 4. The van der Waals surface area contributed by atoms with Crippen molar-refractivity contribution in [3.8, 4) is 0 Å². The van der Waals surface area contributed by atoms with Gasteiger partial charge in [0.15, 0.2) is 0 Å². The van der Waals surface area contributed by atoms with E-state index >= 15 is 0 Å². The molecule has 86 valence electrons. The lowest BCUT2D eigenvalue weighted by atomic mass is 10.2. The number of hydrogen-bond acceptors (Lipinski definition) is 4. The fourth-order valence-corrected chi connectivity index (χ4v) is 1.36. The normalized spacial score (nSPS) is 9.94. The largest absolute Gasteiger partial charge is 0.311 e. The van der Waals surface area contributed by atoms with Crippen molar-refractivity contribution >= 4 is 40.7 Å². The molecule has 1 rings (SSSR count). The SMILES string of the molecule is CC(=O)CCC(=O)Nc1cc(Cl)nc(Cl)n1. The molecule has 5 nitrogen and oxygen atoms in total. The molecule has 0 saturated carbocycles. The number of anilines is 1. The van der Waals surface area contributed by atoms with Gasteiger partial charge < -0.3 is 10.1 Å². The number of carbonyl (C=O) groups excluding carboxylic acids is 2. The zero-order valence-electron chi connectivity index (χ0n) is 8.46. The Bertz CT molecular complexity index is 403. The maximum atomic E-state index is 11.3. The highest BCUT2D eigenvalue weighted by Gasteiger charge is 2.07. The summed E-state index contributed by atoms with van der Waals surface area (Å²) in [5.74, 6) is -0.145. The minimum Gasteiger partial charge on any atom is -0.311 e. The Morgan fingerprint density at radius 3 is 2.56 bits per heavy atom. The van der Waals surface area contributed by atoms with Crippen molar-refractivity contribution in [3.05, 3.63) is 16.5 Å². The number of aromatic nitrogens is 2. The molecule has 0 aliphatic heterocycles. The van der Waals surface area contributed by atoms with Crippen LogP contribution >= 0.6 is 23.2 Å². The van der Waals surface area contributed by atoms with Crippen LogP contribution in [0, 0.1) is 0 Å². The zero-order chi connectivity index (χ0) is 12.1. The molecular formula is C9H9Cl2N3O2. The first-order chi connectivity index (χ1) is 7.47. The lowest BCUT2D eigenvalue weighted by Gasteiger charge is -2.03. The number of ketones is 1. The van der Waals surface area contributed by atoms with Crippen LogP contribution in [-0.4, -0.2) is 21.7 Å². The van der Waals surface area contributed by atoms with Crippen LogP contribution in [0.5, 0.6) is 0 Å². The third-order valence-electron chi connectivity index (χ3n) is 1.64. The van der Waals surface area contributed by atoms with Crippen LogP contribution in [-0.2, 0) is 9.59 Å². The van der Waals surface area contributed by atoms with Crippen molar-refractivity contribution in [2.75, 3.05) is 5.32 Å². The van der Waals surface area contributed by atoms with Gasteiger partial charge in [0.05, 0.1) is 0 Å². The monoisotopic (exact) mass is 261 g/mol. The van der Waals surface area contributed by atoms with Crippen molar-refractivity contribution in [1.29, 1.82) is 0 Å². The molecule has 1 aromatic rings. The number of nitrogens with one attached hydrogen (secondary N) is 1. The van der Waals surface area contributed by atoms with Crippen LogP contribution in [0.2, 0.25) is 10.4 Å². The summed E-state index contributed by atoms with van der Waals surface area (Å²) in [6, 6.07) is 1.37.